The van der Waals surface area contributed by atoms with Crippen LogP contribution >= 0.6 is 0 Å². The highest BCUT2D eigenvalue weighted by atomic mass is 16.1. The van der Waals surface area contributed by atoms with Gasteiger partial charge in [-0.1, -0.05) is 17.2 Å². The van der Waals surface area contributed by atoms with E-state index in [1.54, 1.807) is 4.68 Å². The van der Waals surface area contributed by atoms with Gasteiger partial charge in [0.1, 0.15) is 0 Å². The molecule has 1 amide bonds. The summed E-state index contributed by atoms with van der Waals surface area (Å²) in [5, 5.41) is 7.64. The molecule has 156 valence electrons. The first-order chi connectivity index (χ1) is 14.4. The molecule has 0 bridgehead atoms. The highest BCUT2D eigenvalue weighted by Crippen LogP contribution is 2.29. The van der Waals surface area contributed by atoms with Gasteiger partial charge in [-0.2, -0.15) is 5.10 Å². The number of amides is 1. The van der Waals surface area contributed by atoms with Crippen molar-refractivity contribution in [1.82, 2.24) is 25.1 Å². The van der Waals surface area contributed by atoms with Crippen LogP contribution in [0, 0.1) is 20.8 Å². The van der Waals surface area contributed by atoms with Crippen molar-refractivity contribution >= 4 is 11.9 Å². The van der Waals surface area contributed by atoms with Gasteiger partial charge in [0.05, 0.1) is 6.20 Å². The van der Waals surface area contributed by atoms with Gasteiger partial charge in [-0.25, -0.2) is 9.97 Å². The highest BCUT2D eigenvalue weighted by Gasteiger charge is 2.33. The van der Waals surface area contributed by atoms with E-state index in [1.165, 1.54) is 0 Å². The van der Waals surface area contributed by atoms with E-state index in [-0.39, 0.29) is 17.9 Å². The summed E-state index contributed by atoms with van der Waals surface area (Å²) in [5.74, 6) is 0.807. The zero-order valence-corrected chi connectivity index (χ0v) is 18.0. The Bertz CT molecular complexity index is 1020. The molecule has 1 aliphatic heterocycles. The predicted molar refractivity (Wildman–Crippen MR) is 117 cm³/mol. The lowest BCUT2D eigenvalue weighted by molar-refractivity contribution is 0.0925. The van der Waals surface area contributed by atoms with Crippen molar-refractivity contribution < 1.29 is 4.79 Å². The highest BCUT2D eigenvalue weighted by molar-refractivity contribution is 5.94. The van der Waals surface area contributed by atoms with E-state index in [0.717, 1.165) is 47.7 Å². The third-order valence-corrected chi connectivity index (χ3v) is 5.62. The van der Waals surface area contributed by atoms with E-state index in [9.17, 15) is 4.79 Å². The Labute approximate surface area is 177 Å². The molecule has 30 heavy (non-hydrogen) atoms. The average Bonchev–Trinajstić information content (AvgIpc) is 3.14. The summed E-state index contributed by atoms with van der Waals surface area (Å²) < 4.78 is 1.81. The van der Waals surface area contributed by atoms with E-state index in [0.29, 0.717) is 5.56 Å². The monoisotopic (exact) mass is 404 g/mol. The van der Waals surface area contributed by atoms with Gasteiger partial charge in [-0.3, -0.25) is 9.48 Å². The summed E-state index contributed by atoms with van der Waals surface area (Å²) in [7, 11) is 1.91. The zero-order chi connectivity index (χ0) is 21.3. The summed E-state index contributed by atoms with van der Waals surface area (Å²) in [4.78, 5) is 24.2. The summed E-state index contributed by atoms with van der Waals surface area (Å²) in [6, 6.07) is 5.98. The molecule has 0 aliphatic carbocycles. The molecule has 1 saturated heterocycles. The standard InChI is InChI=1S/C23H28N6O/c1-15-7-16(2)9-18(8-15)22(30)27-21-5-6-29(23-24-10-17(3)11-25-23)14-20(21)19-12-26-28(4)13-19/h7-13,20-21H,5-6,14H2,1-4H3,(H,27,30)/t20-,21+/m1/s1. The van der Waals surface area contributed by atoms with Gasteiger partial charge in [0.25, 0.3) is 5.91 Å². The van der Waals surface area contributed by atoms with Gasteiger partial charge in [0.15, 0.2) is 0 Å². The number of benzene rings is 1. The molecule has 0 radical (unpaired) electrons. The summed E-state index contributed by atoms with van der Waals surface area (Å²) in [6.07, 6.45) is 8.41. The molecule has 4 rings (SSSR count). The normalized spacial score (nSPS) is 19.0. The number of hydrogen-bond donors (Lipinski definition) is 1. The Balaban J connectivity index is 1.57. The molecule has 1 aliphatic rings. The van der Waals surface area contributed by atoms with Crippen molar-refractivity contribution in [3.8, 4) is 0 Å². The number of carbonyl (C=O) groups excluding carboxylic acids is 1. The number of aromatic nitrogens is 4. The number of carbonyl (C=O) groups is 1. The summed E-state index contributed by atoms with van der Waals surface area (Å²) in [6.45, 7) is 7.53. The lowest BCUT2D eigenvalue weighted by Crippen LogP contribution is -2.50. The van der Waals surface area contributed by atoms with Crippen LogP contribution in [0.5, 0.6) is 0 Å². The van der Waals surface area contributed by atoms with Crippen molar-refractivity contribution in [1.29, 1.82) is 0 Å². The molecule has 1 aromatic carbocycles. The fourth-order valence-electron chi connectivity index (χ4n) is 4.18. The van der Waals surface area contributed by atoms with Gasteiger partial charge in [0.2, 0.25) is 5.95 Å². The number of rotatable bonds is 4. The van der Waals surface area contributed by atoms with Crippen LogP contribution in [-0.4, -0.2) is 44.8 Å². The number of piperidine rings is 1. The second kappa shape index (κ2) is 8.26. The molecule has 0 unspecified atom stereocenters. The minimum Gasteiger partial charge on any atom is -0.349 e. The number of anilines is 1. The molecule has 1 fully saturated rings. The maximum Gasteiger partial charge on any atom is 0.251 e. The van der Waals surface area contributed by atoms with E-state index < -0.39 is 0 Å². The Kier molecular flexibility index (Phi) is 5.53. The SMILES string of the molecule is Cc1cnc(N2CC[C@H](NC(=O)c3cc(C)cc(C)c3)[C@@H](c3cnn(C)c3)C2)nc1. The molecule has 0 saturated carbocycles. The predicted octanol–water partition coefficient (Wildman–Crippen LogP) is 2.93. The molecule has 7 nitrogen and oxygen atoms in total. The second-order valence-corrected chi connectivity index (χ2v) is 8.31. The lowest BCUT2D eigenvalue weighted by atomic mass is 9.87. The van der Waals surface area contributed by atoms with Crippen LogP contribution in [0.4, 0.5) is 5.95 Å². The molecule has 0 spiro atoms. The molecule has 2 aromatic heterocycles. The lowest BCUT2D eigenvalue weighted by Gasteiger charge is -2.38. The van der Waals surface area contributed by atoms with E-state index in [2.05, 4.69) is 31.3 Å². The molecule has 7 heteroatoms. The Morgan fingerprint density at radius 2 is 1.73 bits per heavy atom. The Hall–Kier alpha value is -3.22. The maximum absolute atomic E-state index is 13.0. The quantitative estimate of drug-likeness (QED) is 0.724. The number of hydrogen-bond acceptors (Lipinski definition) is 5. The van der Waals surface area contributed by atoms with Gasteiger partial charge in [-0.05, 0) is 50.5 Å². The van der Waals surface area contributed by atoms with Crippen LogP contribution in [0.2, 0.25) is 0 Å². The maximum atomic E-state index is 13.0. The minimum atomic E-state index is -0.0271. The molecular formula is C23H28N6O. The van der Waals surface area contributed by atoms with Crippen molar-refractivity contribution in [3.05, 3.63) is 70.8 Å². The van der Waals surface area contributed by atoms with Crippen molar-refractivity contribution in [2.24, 2.45) is 7.05 Å². The molecule has 1 N–H and O–H groups in total. The Morgan fingerprint density at radius 3 is 2.37 bits per heavy atom. The van der Waals surface area contributed by atoms with Crippen LogP contribution < -0.4 is 10.2 Å². The molecule has 2 atom stereocenters. The van der Waals surface area contributed by atoms with Gasteiger partial charge in [0, 0.05) is 56.3 Å². The van der Waals surface area contributed by atoms with Gasteiger partial charge >= 0.3 is 0 Å². The van der Waals surface area contributed by atoms with Crippen molar-refractivity contribution in [2.45, 2.75) is 39.2 Å². The van der Waals surface area contributed by atoms with Gasteiger partial charge in [-0.15, -0.1) is 0 Å². The fourth-order valence-corrected chi connectivity index (χ4v) is 4.18. The average molecular weight is 405 g/mol. The summed E-state index contributed by atoms with van der Waals surface area (Å²) in [5.41, 5.74) is 5.05. The first kappa shape index (κ1) is 20.1. The third-order valence-electron chi connectivity index (χ3n) is 5.62. The van der Waals surface area contributed by atoms with Crippen LogP contribution in [0.3, 0.4) is 0 Å². The third kappa shape index (κ3) is 4.35. The molecule has 3 heterocycles. The van der Waals surface area contributed by atoms with E-state index >= 15 is 0 Å². The smallest absolute Gasteiger partial charge is 0.251 e. The van der Waals surface area contributed by atoms with Crippen LogP contribution in [-0.2, 0) is 7.05 Å². The van der Waals surface area contributed by atoms with Crippen LogP contribution in [0.1, 0.15) is 45.0 Å². The topological polar surface area (TPSA) is 75.9 Å². The molecule has 3 aromatic rings. The van der Waals surface area contributed by atoms with Gasteiger partial charge < -0.3 is 10.2 Å². The van der Waals surface area contributed by atoms with Crippen LogP contribution in [0.25, 0.3) is 0 Å². The number of nitrogens with one attached hydrogen (secondary N) is 1. The first-order valence-electron chi connectivity index (χ1n) is 10.3. The minimum absolute atomic E-state index is 0.0178. The van der Waals surface area contributed by atoms with E-state index in [4.69, 9.17) is 0 Å². The van der Waals surface area contributed by atoms with Crippen molar-refractivity contribution in [3.63, 3.8) is 0 Å². The fraction of sp³-hybridized carbons (Fsp3) is 0.391. The Morgan fingerprint density at radius 1 is 1.03 bits per heavy atom. The zero-order valence-electron chi connectivity index (χ0n) is 18.0. The number of nitrogens with zero attached hydrogens (tertiary/aromatic N) is 5. The number of aryl methyl sites for hydroxylation is 4. The van der Waals surface area contributed by atoms with E-state index in [1.807, 2.05) is 64.7 Å². The largest absolute Gasteiger partial charge is 0.349 e. The first-order valence-corrected chi connectivity index (χ1v) is 10.3. The van der Waals surface area contributed by atoms with Crippen LogP contribution in [0.15, 0.2) is 43.0 Å². The van der Waals surface area contributed by atoms with Crippen molar-refractivity contribution in [2.75, 3.05) is 18.0 Å². The second-order valence-electron chi connectivity index (χ2n) is 8.31. The molecular weight excluding hydrogens is 376 g/mol. The summed E-state index contributed by atoms with van der Waals surface area (Å²) >= 11 is 0.